The summed E-state index contributed by atoms with van der Waals surface area (Å²) < 4.78 is 2.37. The molecule has 0 spiro atoms. The van der Waals surface area contributed by atoms with E-state index in [0.717, 1.165) is 81.6 Å². The fraction of sp³-hybridized carbons (Fsp3) is 0.800. The SMILES string of the molecule is CC(CCC(=O)N1CCN(c2ccn(C3CC3)c2)CC1)[C@H]1CC[C@H]2[C@@H]3CC=C4C[C@@H](O)CC[C@]4(C)[C@H]3CC[C@]12C. The van der Waals surface area contributed by atoms with Gasteiger partial charge in [-0.3, -0.25) is 4.79 Å². The number of anilines is 1. The van der Waals surface area contributed by atoms with Crippen LogP contribution in [0, 0.1) is 40.4 Å². The lowest BCUT2D eigenvalue weighted by atomic mass is 9.47. The van der Waals surface area contributed by atoms with Gasteiger partial charge in [0.25, 0.3) is 0 Å². The maximum absolute atomic E-state index is 13.3. The van der Waals surface area contributed by atoms with E-state index in [-0.39, 0.29) is 6.10 Å². The Morgan fingerprint density at radius 3 is 2.60 bits per heavy atom. The smallest absolute Gasteiger partial charge is 0.222 e. The third-order valence-corrected chi connectivity index (χ3v) is 13.3. The van der Waals surface area contributed by atoms with Gasteiger partial charge in [-0.15, -0.1) is 0 Å². The first kappa shape index (κ1) is 27.1. The summed E-state index contributed by atoms with van der Waals surface area (Å²) in [6, 6.07) is 2.98. The molecule has 5 nitrogen and oxygen atoms in total. The predicted octanol–water partition coefficient (Wildman–Crippen LogP) is 6.83. The summed E-state index contributed by atoms with van der Waals surface area (Å²) >= 11 is 0. The summed E-state index contributed by atoms with van der Waals surface area (Å²) in [5.74, 6) is 4.21. The fourth-order valence-electron chi connectivity index (χ4n) is 10.7. The molecule has 1 N–H and O–H groups in total. The quantitative estimate of drug-likeness (QED) is 0.397. The van der Waals surface area contributed by atoms with Gasteiger partial charge in [0.05, 0.1) is 11.8 Å². The number of amides is 1. The molecule has 5 aliphatic carbocycles. The monoisotopic (exact) mass is 547 g/mol. The molecule has 4 saturated carbocycles. The molecule has 220 valence electrons. The number of rotatable bonds is 6. The molecule has 1 saturated heterocycles. The maximum Gasteiger partial charge on any atom is 0.222 e. The van der Waals surface area contributed by atoms with Crippen molar-refractivity contribution in [3.05, 3.63) is 30.1 Å². The predicted molar refractivity (Wildman–Crippen MR) is 161 cm³/mol. The zero-order chi connectivity index (χ0) is 27.6. The molecule has 0 aromatic carbocycles. The lowest BCUT2D eigenvalue weighted by molar-refractivity contribution is -0.132. The van der Waals surface area contributed by atoms with E-state index in [1.54, 1.807) is 5.57 Å². The zero-order valence-electron chi connectivity index (χ0n) is 25.4. The van der Waals surface area contributed by atoms with Gasteiger partial charge in [-0.2, -0.15) is 0 Å². The fourth-order valence-corrected chi connectivity index (χ4v) is 10.7. The van der Waals surface area contributed by atoms with E-state index in [9.17, 15) is 9.90 Å². The van der Waals surface area contributed by atoms with Crippen molar-refractivity contribution in [1.29, 1.82) is 0 Å². The molecule has 2 heterocycles. The maximum atomic E-state index is 13.3. The van der Waals surface area contributed by atoms with Crippen LogP contribution in [-0.4, -0.2) is 52.8 Å². The Morgan fingerprint density at radius 1 is 1.02 bits per heavy atom. The van der Waals surface area contributed by atoms with Crippen molar-refractivity contribution >= 4 is 11.6 Å². The van der Waals surface area contributed by atoms with Gasteiger partial charge < -0.3 is 19.5 Å². The third kappa shape index (κ3) is 4.57. The van der Waals surface area contributed by atoms with Gasteiger partial charge >= 0.3 is 0 Å². The number of hydrogen-bond donors (Lipinski definition) is 1. The summed E-state index contributed by atoms with van der Waals surface area (Å²) in [5.41, 5.74) is 3.66. The average molecular weight is 548 g/mol. The summed E-state index contributed by atoms with van der Waals surface area (Å²) in [5, 5.41) is 10.3. The third-order valence-electron chi connectivity index (χ3n) is 13.3. The van der Waals surface area contributed by atoms with Gasteiger partial charge in [-0.05, 0) is 117 Å². The summed E-state index contributed by atoms with van der Waals surface area (Å²) in [7, 11) is 0. The van der Waals surface area contributed by atoms with Crippen LogP contribution in [0.5, 0.6) is 0 Å². The number of hydrogen-bond acceptors (Lipinski definition) is 3. The number of nitrogens with zero attached hydrogens (tertiary/aromatic N) is 3. The molecular formula is C35H53N3O2. The van der Waals surface area contributed by atoms with Crippen LogP contribution in [0.25, 0.3) is 0 Å². The number of piperazine rings is 1. The molecule has 6 aliphatic rings. The number of carbonyl (C=O) groups is 1. The van der Waals surface area contributed by atoms with Gasteiger partial charge in [0.15, 0.2) is 0 Å². The Hall–Kier alpha value is -1.75. The number of fused-ring (bicyclic) bond motifs is 5. The highest BCUT2D eigenvalue weighted by atomic mass is 16.3. The van der Waals surface area contributed by atoms with Crippen molar-refractivity contribution in [2.45, 2.75) is 110 Å². The Balaban J connectivity index is 0.930. The number of carbonyl (C=O) groups excluding carboxylic acids is 1. The van der Waals surface area contributed by atoms with Gasteiger partial charge in [-0.25, -0.2) is 0 Å². The second-order valence-corrected chi connectivity index (χ2v) is 15.3. The molecule has 1 unspecified atom stereocenters. The van der Waals surface area contributed by atoms with E-state index >= 15 is 0 Å². The summed E-state index contributed by atoms with van der Waals surface area (Å²) in [6.07, 6.45) is 21.1. The van der Waals surface area contributed by atoms with Crippen LogP contribution in [0.3, 0.4) is 0 Å². The molecule has 0 bridgehead atoms. The number of allylic oxidation sites excluding steroid dienone is 1. The molecular weight excluding hydrogens is 494 g/mol. The number of aromatic nitrogens is 1. The molecule has 40 heavy (non-hydrogen) atoms. The Kier molecular flexibility index (Phi) is 6.92. The van der Waals surface area contributed by atoms with Crippen LogP contribution in [0.15, 0.2) is 30.1 Å². The number of aliphatic hydroxyl groups excluding tert-OH is 1. The average Bonchev–Trinajstić information content (AvgIpc) is 3.57. The highest BCUT2D eigenvalue weighted by Crippen LogP contribution is 2.67. The highest BCUT2D eigenvalue weighted by molar-refractivity contribution is 5.76. The second kappa shape index (κ2) is 10.2. The van der Waals surface area contributed by atoms with E-state index in [1.165, 1.54) is 57.1 Å². The minimum Gasteiger partial charge on any atom is -0.393 e. The molecule has 0 radical (unpaired) electrons. The first-order chi connectivity index (χ1) is 19.3. The van der Waals surface area contributed by atoms with Crippen LogP contribution >= 0.6 is 0 Å². The summed E-state index contributed by atoms with van der Waals surface area (Å²) in [6.45, 7) is 11.3. The van der Waals surface area contributed by atoms with Crippen molar-refractivity contribution in [3.8, 4) is 0 Å². The first-order valence-corrected chi connectivity index (χ1v) is 16.8. The standard InChI is InChI=1S/C35H53N3O2/c1-24(4-11-33(40)37-20-18-36(19-21-37)27-14-17-38(23-27)26-6-7-26)30-9-10-31-29-8-5-25-22-28(39)12-15-34(25,2)32(29)13-16-35(30,31)3/h5,14,17,23-24,26,28-32,39H,4,6-13,15-16,18-22H2,1-3H3/t24?,28-,29-,30+,31-,32-,34-,35+/m0/s1. The first-order valence-electron chi connectivity index (χ1n) is 16.8. The lowest BCUT2D eigenvalue weighted by Crippen LogP contribution is -2.51. The molecule has 1 aromatic heterocycles. The molecule has 5 fully saturated rings. The molecule has 7 rings (SSSR count). The topological polar surface area (TPSA) is 48.7 Å². The number of aliphatic hydroxyl groups is 1. The van der Waals surface area contributed by atoms with Crippen molar-refractivity contribution in [2.75, 3.05) is 31.1 Å². The Labute approximate surface area is 242 Å². The van der Waals surface area contributed by atoms with E-state index in [2.05, 4.69) is 59.7 Å². The van der Waals surface area contributed by atoms with Crippen molar-refractivity contribution in [3.63, 3.8) is 0 Å². The van der Waals surface area contributed by atoms with Crippen LogP contribution < -0.4 is 4.90 Å². The van der Waals surface area contributed by atoms with E-state index in [0.29, 0.717) is 22.7 Å². The van der Waals surface area contributed by atoms with Crippen molar-refractivity contribution in [1.82, 2.24) is 9.47 Å². The molecule has 5 heteroatoms. The van der Waals surface area contributed by atoms with E-state index in [4.69, 9.17) is 0 Å². The van der Waals surface area contributed by atoms with Crippen LogP contribution in [0.2, 0.25) is 0 Å². The van der Waals surface area contributed by atoms with E-state index < -0.39 is 0 Å². The van der Waals surface area contributed by atoms with Crippen LogP contribution in [0.1, 0.15) is 104 Å². The van der Waals surface area contributed by atoms with Gasteiger partial charge in [0.1, 0.15) is 0 Å². The zero-order valence-corrected chi connectivity index (χ0v) is 25.4. The van der Waals surface area contributed by atoms with Gasteiger partial charge in [0, 0.05) is 51.0 Å². The minimum atomic E-state index is -0.118. The molecule has 1 aromatic rings. The van der Waals surface area contributed by atoms with Crippen molar-refractivity contribution in [2.24, 2.45) is 40.4 Å². The molecule has 8 atom stereocenters. The minimum absolute atomic E-state index is 0.118. The Bertz CT molecular complexity index is 1130. The highest BCUT2D eigenvalue weighted by Gasteiger charge is 2.59. The second-order valence-electron chi connectivity index (χ2n) is 15.3. The Morgan fingerprint density at radius 2 is 1.82 bits per heavy atom. The molecule has 1 amide bonds. The van der Waals surface area contributed by atoms with Gasteiger partial charge in [-0.1, -0.05) is 32.4 Å². The van der Waals surface area contributed by atoms with Gasteiger partial charge in [0.2, 0.25) is 5.91 Å². The lowest BCUT2D eigenvalue weighted by Gasteiger charge is -2.58. The largest absolute Gasteiger partial charge is 0.393 e. The van der Waals surface area contributed by atoms with E-state index in [1.807, 2.05) is 0 Å². The van der Waals surface area contributed by atoms with Crippen LogP contribution in [0.4, 0.5) is 5.69 Å². The normalized spacial score (nSPS) is 40.2. The molecule has 1 aliphatic heterocycles. The summed E-state index contributed by atoms with van der Waals surface area (Å²) in [4.78, 5) is 17.9. The van der Waals surface area contributed by atoms with Crippen molar-refractivity contribution < 1.29 is 9.90 Å². The van der Waals surface area contributed by atoms with Crippen LogP contribution in [-0.2, 0) is 4.79 Å².